The SMILES string of the molecule is CC(CN1CCNCC1)c1ccc(F)cc1.COc1ccc(S)cc1N1CCN(C(=O)c2ccc(F)cc2Cl)CC1. The van der Waals surface area contributed by atoms with E-state index in [1.54, 1.807) is 24.1 Å². The molecule has 1 atom stereocenters. The number of benzene rings is 3. The summed E-state index contributed by atoms with van der Waals surface area (Å²) in [5.41, 5.74) is 2.51. The highest BCUT2D eigenvalue weighted by Crippen LogP contribution is 2.31. The summed E-state index contributed by atoms with van der Waals surface area (Å²) in [5.74, 6) is 0.459. The largest absolute Gasteiger partial charge is 0.495 e. The fourth-order valence-electron chi connectivity index (χ4n) is 5.09. The summed E-state index contributed by atoms with van der Waals surface area (Å²) < 4.78 is 31.4. The van der Waals surface area contributed by atoms with Crippen LogP contribution in [0.25, 0.3) is 0 Å². The molecule has 2 aliphatic heterocycles. The molecule has 2 aliphatic rings. The number of carbonyl (C=O) groups excluding carboxylic acids is 1. The van der Waals surface area contributed by atoms with E-state index in [-0.39, 0.29) is 16.7 Å². The van der Waals surface area contributed by atoms with Crippen LogP contribution in [-0.2, 0) is 0 Å². The minimum atomic E-state index is -0.454. The first-order valence-electron chi connectivity index (χ1n) is 13.8. The topological polar surface area (TPSA) is 48.1 Å². The molecule has 3 aromatic rings. The molecule has 10 heteroatoms. The molecule has 5 rings (SSSR count). The highest BCUT2D eigenvalue weighted by molar-refractivity contribution is 7.80. The van der Waals surface area contributed by atoms with Crippen molar-refractivity contribution in [3.8, 4) is 5.75 Å². The Balaban J connectivity index is 0.000000208. The van der Waals surface area contributed by atoms with E-state index in [9.17, 15) is 13.6 Å². The number of amides is 1. The average Bonchev–Trinajstić information content (AvgIpc) is 2.98. The maximum atomic E-state index is 13.2. The third-order valence-electron chi connectivity index (χ3n) is 7.41. The summed E-state index contributed by atoms with van der Waals surface area (Å²) in [6.45, 7) is 10.1. The van der Waals surface area contributed by atoms with E-state index >= 15 is 0 Å². The van der Waals surface area contributed by atoms with Crippen molar-refractivity contribution in [2.75, 3.05) is 70.9 Å². The molecule has 0 aliphatic carbocycles. The van der Waals surface area contributed by atoms with Crippen LogP contribution < -0.4 is 15.0 Å². The molecule has 0 spiro atoms. The zero-order valence-corrected chi connectivity index (χ0v) is 25.1. The van der Waals surface area contributed by atoms with E-state index in [1.807, 2.05) is 30.3 Å². The van der Waals surface area contributed by atoms with Crippen LogP contribution in [0.15, 0.2) is 65.6 Å². The quantitative estimate of drug-likeness (QED) is 0.361. The molecule has 0 saturated carbocycles. The number of thiol groups is 1. The second-order valence-corrected chi connectivity index (χ2v) is 11.2. The van der Waals surface area contributed by atoms with Crippen LogP contribution in [0.1, 0.15) is 28.8 Å². The molecule has 1 N–H and O–H groups in total. The second-order valence-electron chi connectivity index (χ2n) is 10.3. The van der Waals surface area contributed by atoms with Gasteiger partial charge < -0.3 is 24.8 Å². The van der Waals surface area contributed by atoms with Gasteiger partial charge in [0.25, 0.3) is 5.91 Å². The highest BCUT2D eigenvalue weighted by Gasteiger charge is 2.25. The maximum absolute atomic E-state index is 13.2. The summed E-state index contributed by atoms with van der Waals surface area (Å²) in [5, 5.41) is 3.48. The van der Waals surface area contributed by atoms with Gasteiger partial charge >= 0.3 is 0 Å². The molecule has 0 radical (unpaired) electrons. The second kappa shape index (κ2) is 14.9. The van der Waals surface area contributed by atoms with Crippen molar-refractivity contribution in [3.63, 3.8) is 0 Å². The maximum Gasteiger partial charge on any atom is 0.255 e. The zero-order valence-electron chi connectivity index (χ0n) is 23.5. The van der Waals surface area contributed by atoms with Crippen LogP contribution in [0.3, 0.4) is 0 Å². The van der Waals surface area contributed by atoms with Crippen LogP contribution in [0.4, 0.5) is 14.5 Å². The number of nitrogens with zero attached hydrogens (tertiary/aromatic N) is 3. The van der Waals surface area contributed by atoms with E-state index in [2.05, 4.69) is 34.7 Å². The summed E-state index contributed by atoms with van der Waals surface area (Å²) >= 11 is 10.4. The smallest absolute Gasteiger partial charge is 0.255 e. The van der Waals surface area contributed by atoms with E-state index in [0.717, 1.165) is 55.1 Å². The van der Waals surface area contributed by atoms with Crippen molar-refractivity contribution >= 4 is 35.8 Å². The first-order valence-corrected chi connectivity index (χ1v) is 14.6. The third kappa shape index (κ3) is 8.58. The van der Waals surface area contributed by atoms with Crippen LogP contribution in [-0.4, -0.2) is 81.7 Å². The van der Waals surface area contributed by atoms with Crippen LogP contribution in [0.5, 0.6) is 5.75 Å². The van der Waals surface area contributed by atoms with Crippen molar-refractivity contribution < 1.29 is 18.3 Å². The Bertz CT molecular complexity index is 1300. The average molecular weight is 603 g/mol. The molecule has 0 aromatic heterocycles. The molecule has 41 heavy (non-hydrogen) atoms. The van der Waals surface area contributed by atoms with E-state index < -0.39 is 5.82 Å². The lowest BCUT2D eigenvalue weighted by Gasteiger charge is -2.36. The number of methoxy groups -OCH3 is 1. The Hall–Kier alpha value is -2.85. The minimum Gasteiger partial charge on any atom is -0.495 e. The number of rotatable bonds is 6. The minimum absolute atomic E-state index is 0.136. The van der Waals surface area contributed by atoms with Crippen molar-refractivity contribution in [1.29, 1.82) is 0 Å². The lowest BCUT2D eigenvalue weighted by molar-refractivity contribution is 0.0747. The normalized spacial score (nSPS) is 16.5. The van der Waals surface area contributed by atoms with Gasteiger partial charge in [0, 0.05) is 63.8 Å². The van der Waals surface area contributed by atoms with Gasteiger partial charge in [-0.1, -0.05) is 30.7 Å². The number of nitrogens with one attached hydrogen (secondary N) is 1. The molecule has 3 aromatic carbocycles. The molecular formula is C31H37ClF2N4O2S. The van der Waals surface area contributed by atoms with Gasteiger partial charge in [0.15, 0.2) is 0 Å². The highest BCUT2D eigenvalue weighted by atomic mass is 35.5. The summed E-state index contributed by atoms with van der Waals surface area (Å²) in [6.07, 6.45) is 0. The molecule has 2 heterocycles. The molecule has 2 fully saturated rings. The van der Waals surface area contributed by atoms with Crippen molar-refractivity contribution in [2.24, 2.45) is 0 Å². The first kappa shape index (κ1) is 31.1. The lowest BCUT2D eigenvalue weighted by atomic mass is 10.0. The van der Waals surface area contributed by atoms with E-state index in [4.69, 9.17) is 16.3 Å². The molecule has 220 valence electrons. The Morgan fingerprint density at radius 3 is 2.24 bits per heavy atom. The van der Waals surface area contributed by atoms with E-state index in [0.29, 0.717) is 37.7 Å². The number of anilines is 1. The predicted octanol–water partition coefficient (Wildman–Crippen LogP) is 5.57. The van der Waals surface area contributed by atoms with Crippen molar-refractivity contribution in [2.45, 2.75) is 17.7 Å². The van der Waals surface area contributed by atoms with Crippen LogP contribution >= 0.6 is 24.2 Å². The van der Waals surface area contributed by atoms with Gasteiger partial charge in [-0.2, -0.15) is 0 Å². The standard InChI is InChI=1S/C18H18ClFN2O2S.C13H19FN2/c1-24-17-5-3-13(25)11-16(17)21-6-8-22(9-7-21)18(23)14-4-2-12(20)10-15(14)19;1-11(10-16-8-6-15-7-9-16)12-2-4-13(14)5-3-12/h2-5,10-11,25H,6-9H2,1H3;2-5,11,15H,6-10H2,1H3. The molecule has 0 bridgehead atoms. The molecule has 1 amide bonds. The summed E-state index contributed by atoms with van der Waals surface area (Å²) in [7, 11) is 1.63. The molecule has 6 nitrogen and oxygen atoms in total. The number of hydrogen-bond donors (Lipinski definition) is 2. The third-order valence-corrected chi connectivity index (χ3v) is 8.00. The van der Waals surface area contributed by atoms with Gasteiger partial charge in [-0.3, -0.25) is 4.79 Å². The number of halogens is 3. The molecular weight excluding hydrogens is 566 g/mol. The molecule has 2 saturated heterocycles. The fourth-order valence-corrected chi connectivity index (χ4v) is 5.53. The Morgan fingerprint density at radius 1 is 0.951 bits per heavy atom. The van der Waals surface area contributed by atoms with Gasteiger partial charge in [-0.25, -0.2) is 8.78 Å². The summed E-state index contributed by atoms with van der Waals surface area (Å²) in [6, 6.07) is 16.4. The number of carbonyl (C=O) groups is 1. The van der Waals surface area contributed by atoms with Gasteiger partial charge in [-0.05, 0) is 60.0 Å². The monoisotopic (exact) mass is 602 g/mol. The van der Waals surface area contributed by atoms with Gasteiger partial charge in [-0.15, -0.1) is 12.6 Å². The number of ether oxygens (including phenoxy) is 1. The Morgan fingerprint density at radius 2 is 1.61 bits per heavy atom. The van der Waals surface area contributed by atoms with Gasteiger partial charge in [0.05, 0.1) is 23.4 Å². The zero-order chi connectivity index (χ0) is 29.4. The van der Waals surface area contributed by atoms with Crippen molar-refractivity contribution in [1.82, 2.24) is 15.1 Å². The van der Waals surface area contributed by atoms with Crippen LogP contribution in [0.2, 0.25) is 5.02 Å². The fraction of sp³-hybridized carbons (Fsp3) is 0.387. The lowest BCUT2D eigenvalue weighted by Crippen LogP contribution is -2.49. The van der Waals surface area contributed by atoms with E-state index in [1.165, 1.54) is 17.7 Å². The Kier molecular flexibility index (Phi) is 11.3. The first-order chi connectivity index (χ1) is 19.7. The predicted molar refractivity (Wildman–Crippen MR) is 164 cm³/mol. The van der Waals surface area contributed by atoms with Gasteiger partial charge in [0.2, 0.25) is 0 Å². The number of hydrogen-bond acceptors (Lipinski definition) is 6. The van der Waals surface area contributed by atoms with Crippen molar-refractivity contribution in [3.05, 3.63) is 88.4 Å². The molecule has 1 unspecified atom stereocenters. The van der Waals surface area contributed by atoms with Crippen LogP contribution in [0, 0.1) is 11.6 Å². The number of piperazine rings is 2. The summed E-state index contributed by atoms with van der Waals surface area (Å²) in [4.78, 5) is 19.8. The van der Waals surface area contributed by atoms with Gasteiger partial charge in [0.1, 0.15) is 17.4 Å². The Labute approximate surface area is 251 Å².